The van der Waals surface area contributed by atoms with Crippen molar-refractivity contribution in [2.75, 3.05) is 5.32 Å². The maximum Gasteiger partial charge on any atom is 0.0554 e. The van der Waals surface area contributed by atoms with Crippen molar-refractivity contribution < 1.29 is 0 Å². The Balaban J connectivity index is 1.84. The molecule has 1 N–H and O–H groups in total. The molecule has 2 aromatic carbocycles. The fourth-order valence-corrected chi connectivity index (χ4v) is 4.12. The van der Waals surface area contributed by atoms with E-state index in [1.165, 1.54) is 28.8 Å². The molecule has 3 unspecified atom stereocenters. The first-order chi connectivity index (χ1) is 10.8. The van der Waals surface area contributed by atoms with Crippen LogP contribution in [0, 0.1) is 5.92 Å². The van der Waals surface area contributed by atoms with Crippen molar-refractivity contribution in [2.24, 2.45) is 5.92 Å². The molecule has 0 saturated carbocycles. The summed E-state index contributed by atoms with van der Waals surface area (Å²) < 4.78 is 0. The number of allylic oxidation sites excluding steroid dienone is 2. The van der Waals surface area contributed by atoms with E-state index in [4.69, 9.17) is 0 Å². The molecular weight excluding hydrogens is 266 g/mol. The van der Waals surface area contributed by atoms with Crippen LogP contribution in [0.4, 0.5) is 5.69 Å². The molecule has 1 aliphatic heterocycles. The summed E-state index contributed by atoms with van der Waals surface area (Å²) in [5, 5.41) is 3.89. The van der Waals surface area contributed by atoms with Gasteiger partial charge in [0.1, 0.15) is 0 Å². The first kappa shape index (κ1) is 13.6. The molecule has 0 radical (unpaired) electrons. The third-order valence-electron chi connectivity index (χ3n) is 5.21. The highest BCUT2D eigenvalue weighted by molar-refractivity contribution is 5.65. The highest BCUT2D eigenvalue weighted by atomic mass is 15.0. The zero-order valence-electron chi connectivity index (χ0n) is 13.3. The van der Waals surface area contributed by atoms with Crippen LogP contribution in [-0.2, 0) is 0 Å². The number of para-hydroxylation sites is 1. The molecule has 2 aromatic rings. The van der Waals surface area contributed by atoms with Gasteiger partial charge in [-0.25, -0.2) is 0 Å². The summed E-state index contributed by atoms with van der Waals surface area (Å²) in [5.41, 5.74) is 5.71. The summed E-state index contributed by atoms with van der Waals surface area (Å²) in [5.74, 6) is 1.73. The standard InChI is InChI=1S/C21H23N/c1-14(2)16-10-6-13-19-17-11-7-12-18(17)20(22-21(16)19)15-8-4-3-5-9-15/h3-11,13-14,17-18,20,22H,12H2,1-2H3. The maximum absolute atomic E-state index is 3.89. The van der Waals surface area contributed by atoms with E-state index in [2.05, 4.69) is 79.8 Å². The Bertz CT molecular complexity index is 699. The van der Waals surface area contributed by atoms with Gasteiger partial charge in [-0.15, -0.1) is 0 Å². The summed E-state index contributed by atoms with van der Waals surface area (Å²) in [6.45, 7) is 4.57. The van der Waals surface area contributed by atoms with E-state index in [9.17, 15) is 0 Å². The van der Waals surface area contributed by atoms with Crippen LogP contribution in [-0.4, -0.2) is 0 Å². The van der Waals surface area contributed by atoms with Gasteiger partial charge in [-0.05, 0) is 34.9 Å². The number of hydrogen-bond acceptors (Lipinski definition) is 1. The average molecular weight is 289 g/mol. The van der Waals surface area contributed by atoms with Crippen molar-refractivity contribution in [3.05, 3.63) is 77.4 Å². The van der Waals surface area contributed by atoms with Crippen LogP contribution in [0.1, 0.15) is 54.8 Å². The molecule has 112 valence electrons. The topological polar surface area (TPSA) is 12.0 Å². The largest absolute Gasteiger partial charge is 0.377 e. The molecule has 0 fully saturated rings. The number of rotatable bonds is 2. The van der Waals surface area contributed by atoms with E-state index >= 15 is 0 Å². The molecule has 2 aliphatic rings. The molecule has 0 bridgehead atoms. The lowest BCUT2D eigenvalue weighted by molar-refractivity contribution is 0.424. The van der Waals surface area contributed by atoms with Gasteiger partial charge in [-0.2, -0.15) is 0 Å². The molecule has 1 heterocycles. The van der Waals surface area contributed by atoms with Gasteiger partial charge in [-0.3, -0.25) is 0 Å². The van der Waals surface area contributed by atoms with Gasteiger partial charge < -0.3 is 5.32 Å². The minimum Gasteiger partial charge on any atom is -0.377 e. The average Bonchev–Trinajstić information content (AvgIpc) is 3.04. The van der Waals surface area contributed by atoms with Gasteiger partial charge in [0.15, 0.2) is 0 Å². The second-order valence-corrected chi connectivity index (χ2v) is 6.85. The first-order valence-corrected chi connectivity index (χ1v) is 8.36. The first-order valence-electron chi connectivity index (χ1n) is 8.36. The van der Waals surface area contributed by atoms with Gasteiger partial charge in [0, 0.05) is 11.6 Å². The van der Waals surface area contributed by atoms with E-state index in [-0.39, 0.29) is 0 Å². The van der Waals surface area contributed by atoms with Crippen molar-refractivity contribution in [2.45, 2.75) is 38.1 Å². The normalized spacial score (nSPS) is 25.7. The number of benzene rings is 2. The van der Waals surface area contributed by atoms with Crippen LogP contribution in [0.15, 0.2) is 60.7 Å². The molecule has 3 atom stereocenters. The molecule has 4 rings (SSSR count). The molecule has 1 heteroatoms. The SMILES string of the molecule is CC(C)c1cccc2c1NC(c1ccccc1)C1CC=CC21. The molecule has 0 spiro atoms. The smallest absolute Gasteiger partial charge is 0.0554 e. The Morgan fingerprint density at radius 2 is 1.82 bits per heavy atom. The fourth-order valence-electron chi connectivity index (χ4n) is 4.12. The third-order valence-corrected chi connectivity index (χ3v) is 5.21. The van der Waals surface area contributed by atoms with Crippen LogP contribution in [0.5, 0.6) is 0 Å². The maximum atomic E-state index is 3.89. The molecule has 22 heavy (non-hydrogen) atoms. The quantitative estimate of drug-likeness (QED) is 0.706. The summed E-state index contributed by atoms with van der Waals surface area (Å²) in [6.07, 6.45) is 5.96. The molecule has 1 aliphatic carbocycles. The predicted octanol–water partition coefficient (Wildman–Crippen LogP) is 5.64. The minimum atomic E-state index is 0.411. The second-order valence-electron chi connectivity index (χ2n) is 6.85. The molecular formula is C21H23N. The van der Waals surface area contributed by atoms with E-state index in [1.54, 1.807) is 0 Å². The Morgan fingerprint density at radius 1 is 1.00 bits per heavy atom. The van der Waals surface area contributed by atoms with Gasteiger partial charge >= 0.3 is 0 Å². The van der Waals surface area contributed by atoms with Crippen molar-refractivity contribution in [1.29, 1.82) is 0 Å². The van der Waals surface area contributed by atoms with E-state index in [0.717, 1.165) is 0 Å². The molecule has 0 saturated heterocycles. The summed E-state index contributed by atoms with van der Waals surface area (Å²) in [7, 11) is 0. The summed E-state index contributed by atoms with van der Waals surface area (Å²) in [4.78, 5) is 0. The van der Waals surface area contributed by atoms with E-state index in [1.807, 2.05) is 0 Å². The van der Waals surface area contributed by atoms with Gasteiger partial charge in [0.2, 0.25) is 0 Å². The van der Waals surface area contributed by atoms with Crippen molar-refractivity contribution >= 4 is 5.69 Å². The van der Waals surface area contributed by atoms with Crippen LogP contribution in [0.3, 0.4) is 0 Å². The zero-order chi connectivity index (χ0) is 15.1. The fraction of sp³-hybridized carbons (Fsp3) is 0.333. The highest BCUT2D eigenvalue weighted by Crippen LogP contribution is 2.51. The monoisotopic (exact) mass is 289 g/mol. The number of hydrogen-bond donors (Lipinski definition) is 1. The van der Waals surface area contributed by atoms with E-state index in [0.29, 0.717) is 23.8 Å². The minimum absolute atomic E-state index is 0.411. The Kier molecular flexibility index (Phi) is 3.29. The molecule has 0 amide bonds. The van der Waals surface area contributed by atoms with Crippen LogP contribution in [0.25, 0.3) is 0 Å². The number of nitrogens with one attached hydrogen (secondary N) is 1. The predicted molar refractivity (Wildman–Crippen MR) is 93.3 cm³/mol. The second kappa shape index (κ2) is 5.31. The van der Waals surface area contributed by atoms with Crippen molar-refractivity contribution in [1.82, 2.24) is 0 Å². The van der Waals surface area contributed by atoms with Crippen LogP contribution < -0.4 is 5.32 Å². The summed E-state index contributed by atoms with van der Waals surface area (Å²) >= 11 is 0. The van der Waals surface area contributed by atoms with Gasteiger partial charge in [-0.1, -0.05) is 74.5 Å². The molecule has 1 nitrogen and oxygen atoms in total. The Morgan fingerprint density at radius 3 is 2.59 bits per heavy atom. The molecule has 0 aromatic heterocycles. The van der Waals surface area contributed by atoms with E-state index < -0.39 is 0 Å². The van der Waals surface area contributed by atoms with Crippen molar-refractivity contribution in [3.8, 4) is 0 Å². The summed E-state index contributed by atoms with van der Waals surface area (Å²) in [6, 6.07) is 18.1. The zero-order valence-corrected chi connectivity index (χ0v) is 13.3. The lowest BCUT2D eigenvalue weighted by atomic mass is 9.75. The van der Waals surface area contributed by atoms with Crippen molar-refractivity contribution in [3.63, 3.8) is 0 Å². The third kappa shape index (κ3) is 2.08. The number of anilines is 1. The van der Waals surface area contributed by atoms with Crippen LogP contribution in [0.2, 0.25) is 0 Å². The lowest BCUT2D eigenvalue weighted by Gasteiger charge is -2.39. The van der Waals surface area contributed by atoms with Gasteiger partial charge in [0.05, 0.1) is 6.04 Å². The highest BCUT2D eigenvalue weighted by Gasteiger charge is 2.38. The Hall–Kier alpha value is -2.02. The Labute approximate surface area is 133 Å². The van der Waals surface area contributed by atoms with Crippen LogP contribution >= 0.6 is 0 Å². The lowest BCUT2D eigenvalue weighted by Crippen LogP contribution is -2.29. The number of fused-ring (bicyclic) bond motifs is 3. The van der Waals surface area contributed by atoms with Gasteiger partial charge in [0.25, 0.3) is 0 Å².